The molecule has 6 nitrogen and oxygen atoms in total. The predicted octanol–water partition coefficient (Wildman–Crippen LogP) is 3.52. The predicted molar refractivity (Wildman–Crippen MR) is 97.2 cm³/mol. The highest BCUT2D eigenvalue weighted by atomic mass is 19.4. The molecule has 0 spiro atoms. The van der Waals surface area contributed by atoms with Crippen LogP contribution in [0.15, 0.2) is 48.5 Å². The van der Waals surface area contributed by atoms with Crippen molar-refractivity contribution in [3.8, 4) is 11.5 Å². The Hall–Kier alpha value is -3.23. The Kier molecular flexibility index (Phi) is 7.88. The van der Waals surface area contributed by atoms with Crippen LogP contribution in [0.2, 0.25) is 0 Å². The number of halogens is 3. The molecule has 0 radical (unpaired) electrons. The number of hydrogen-bond acceptors (Lipinski definition) is 5. The van der Waals surface area contributed by atoms with Gasteiger partial charge in [-0.1, -0.05) is 36.4 Å². The fourth-order valence-electron chi connectivity index (χ4n) is 2.30. The number of carbonyl (C=O) groups is 2. The van der Waals surface area contributed by atoms with E-state index in [1.165, 1.54) is 18.2 Å². The van der Waals surface area contributed by atoms with Crippen LogP contribution >= 0.6 is 0 Å². The van der Waals surface area contributed by atoms with Crippen LogP contribution in [0, 0.1) is 6.92 Å². The van der Waals surface area contributed by atoms with Gasteiger partial charge in [-0.15, -0.1) is 13.2 Å². The molecule has 0 aromatic heterocycles. The van der Waals surface area contributed by atoms with Gasteiger partial charge in [0, 0.05) is 12.1 Å². The summed E-state index contributed by atoms with van der Waals surface area (Å²) >= 11 is 0. The topological polar surface area (TPSA) is 73.9 Å². The van der Waals surface area contributed by atoms with Gasteiger partial charge in [-0.05, 0) is 24.6 Å². The Morgan fingerprint density at radius 3 is 2.34 bits per heavy atom. The van der Waals surface area contributed by atoms with E-state index in [0.29, 0.717) is 5.75 Å². The highest BCUT2D eigenvalue weighted by molar-refractivity contribution is 5.80. The molecule has 1 N–H and O–H groups in total. The van der Waals surface area contributed by atoms with Crippen molar-refractivity contribution in [3.05, 3.63) is 59.7 Å². The largest absolute Gasteiger partial charge is 0.573 e. The van der Waals surface area contributed by atoms with Gasteiger partial charge in [0.05, 0.1) is 13.0 Å². The number of amides is 1. The van der Waals surface area contributed by atoms with Crippen molar-refractivity contribution in [1.82, 2.24) is 5.32 Å². The lowest BCUT2D eigenvalue weighted by Gasteiger charge is -2.13. The standard InChI is InChI=1S/C20H20F3NO5/c1-14-6-2-4-8-16(14)27-11-10-19(26)28-13-18(25)24-12-15-7-3-5-9-17(15)29-20(21,22)23/h2-9H,10-13H2,1H3,(H,24,25). The van der Waals surface area contributed by atoms with Crippen LogP contribution in [0.1, 0.15) is 17.5 Å². The Morgan fingerprint density at radius 1 is 1.00 bits per heavy atom. The summed E-state index contributed by atoms with van der Waals surface area (Å²) in [6.45, 7) is 1.20. The van der Waals surface area contributed by atoms with E-state index in [-0.39, 0.29) is 25.1 Å². The summed E-state index contributed by atoms with van der Waals surface area (Å²) in [6.07, 6.45) is -4.89. The molecule has 0 saturated carbocycles. The quantitative estimate of drug-likeness (QED) is 0.639. The average molecular weight is 411 g/mol. The Balaban J connectivity index is 1.71. The number of benzene rings is 2. The van der Waals surface area contributed by atoms with E-state index in [9.17, 15) is 22.8 Å². The van der Waals surface area contributed by atoms with Crippen LogP contribution in [0.3, 0.4) is 0 Å². The van der Waals surface area contributed by atoms with E-state index in [1.807, 2.05) is 25.1 Å². The lowest BCUT2D eigenvalue weighted by atomic mass is 10.2. The molecule has 0 aliphatic heterocycles. The normalized spacial score (nSPS) is 10.9. The molecule has 2 rings (SSSR count). The maximum Gasteiger partial charge on any atom is 0.573 e. The lowest BCUT2D eigenvalue weighted by Crippen LogP contribution is -2.29. The van der Waals surface area contributed by atoms with E-state index in [1.54, 1.807) is 6.07 Å². The van der Waals surface area contributed by atoms with E-state index < -0.39 is 30.6 Å². The van der Waals surface area contributed by atoms with Crippen LogP contribution in [-0.4, -0.2) is 31.5 Å². The first kappa shape index (κ1) is 22.1. The number of nitrogens with one attached hydrogen (secondary N) is 1. The third-order valence-corrected chi connectivity index (χ3v) is 3.70. The van der Waals surface area contributed by atoms with Gasteiger partial charge in [0.25, 0.3) is 5.91 Å². The van der Waals surface area contributed by atoms with E-state index in [2.05, 4.69) is 10.1 Å². The fourth-order valence-corrected chi connectivity index (χ4v) is 2.30. The second kappa shape index (κ2) is 10.4. The minimum absolute atomic E-state index is 0.0517. The van der Waals surface area contributed by atoms with Gasteiger partial charge in [0.1, 0.15) is 11.5 Å². The lowest BCUT2D eigenvalue weighted by molar-refractivity contribution is -0.274. The summed E-state index contributed by atoms with van der Waals surface area (Å²) < 4.78 is 51.4. The first-order valence-corrected chi connectivity index (χ1v) is 8.69. The number of ether oxygens (including phenoxy) is 3. The van der Waals surface area contributed by atoms with Crippen molar-refractivity contribution < 1.29 is 37.0 Å². The molecule has 0 heterocycles. The molecular formula is C20H20F3NO5. The first-order valence-electron chi connectivity index (χ1n) is 8.69. The van der Waals surface area contributed by atoms with Crippen molar-refractivity contribution >= 4 is 11.9 Å². The van der Waals surface area contributed by atoms with Crippen molar-refractivity contribution in [3.63, 3.8) is 0 Å². The third kappa shape index (κ3) is 8.12. The van der Waals surface area contributed by atoms with E-state index in [0.717, 1.165) is 11.6 Å². The molecule has 0 atom stereocenters. The third-order valence-electron chi connectivity index (χ3n) is 3.70. The molecule has 2 aromatic rings. The smallest absolute Gasteiger partial charge is 0.493 e. The van der Waals surface area contributed by atoms with Crippen LogP contribution in [0.25, 0.3) is 0 Å². The van der Waals surface area contributed by atoms with E-state index in [4.69, 9.17) is 9.47 Å². The maximum absolute atomic E-state index is 12.4. The molecule has 0 aliphatic rings. The fraction of sp³-hybridized carbons (Fsp3) is 0.300. The molecule has 156 valence electrons. The van der Waals surface area contributed by atoms with Gasteiger partial charge >= 0.3 is 12.3 Å². The van der Waals surface area contributed by atoms with Gasteiger partial charge in [-0.3, -0.25) is 9.59 Å². The zero-order valence-corrected chi connectivity index (χ0v) is 15.6. The number of alkyl halides is 3. The van der Waals surface area contributed by atoms with Crippen molar-refractivity contribution in [1.29, 1.82) is 0 Å². The van der Waals surface area contributed by atoms with Crippen LogP contribution < -0.4 is 14.8 Å². The summed E-state index contributed by atoms with van der Waals surface area (Å²) in [4.78, 5) is 23.5. The van der Waals surface area contributed by atoms with Crippen molar-refractivity contribution in [2.45, 2.75) is 26.3 Å². The number of para-hydroxylation sites is 2. The number of rotatable bonds is 9. The molecule has 29 heavy (non-hydrogen) atoms. The first-order chi connectivity index (χ1) is 13.7. The highest BCUT2D eigenvalue weighted by Crippen LogP contribution is 2.26. The molecule has 1 amide bonds. The molecule has 0 saturated heterocycles. The average Bonchev–Trinajstić information content (AvgIpc) is 2.66. The SMILES string of the molecule is Cc1ccccc1OCCC(=O)OCC(=O)NCc1ccccc1OC(F)(F)F. The molecule has 9 heteroatoms. The van der Waals surface area contributed by atoms with Crippen molar-refractivity contribution in [2.24, 2.45) is 0 Å². The second-order valence-electron chi connectivity index (χ2n) is 5.96. The van der Waals surface area contributed by atoms with Crippen LogP contribution in [0.4, 0.5) is 13.2 Å². The molecular weight excluding hydrogens is 391 g/mol. The number of carbonyl (C=O) groups excluding carboxylic acids is 2. The summed E-state index contributed by atoms with van der Waals surface area (Å²) in [5, 5.41) is 2.38. The molecule has 2 aromatic carbocycles. The second-order valence-corrected chi connectivity index (χ2v) is 5.96. The Bertz CT molecular complexity index is 839. The zero-order valence-electron chi connectivity index (χ0n) is 15.6. The van der Waals surface area contributed by atoms with E-state index >= 15 is 0 Å². The Labute approximate surface area is 165 Å². The van der Waals surface area contributed by atoms with Crippen LogP contribution in [0.5, 0.6) is 11.5 Å². The minimum atomic E-state index is -4.84. The zero-order chi connectivity index (χ0) is 21.3. The summed E-state index contributed by atoms with van der Waals surface area (Å²) in [5.74, 6) is -1.04. The maximum atomic E-state index is 12.4. The summed E-state index contributed by atoms with van der Waals surface area (Å²) in [6, 6.07) is 12.7. The van der Waals surface area contributed by atoms with Gasteiger partial charge in [0.15, 0.2) is 6.61 Å². The number of esters is 1. The minimum Gasteiger partial charge on any atom is -0.493 e. The summed E-state index contributed by atoms with van der Waals surface area (Å²) in [7, 11) is 0. The molecule has 0 aliphatic carbocycles. The van der Waals surface area contributed by atoms with Gasteiger partial charge in [-0.25, -0.2) is 0 Å². The number of hydrogen-bond donors (Lipinski definition) is 1. The van der Waals surface area contributed by atoms with Crippen molar-refractivity contribution in [2.75, 3.05) is 13.2 Å². The van der Waals surface area contributed by atoms with Gasteiger partial charge < -0.3 is 19.5 Å². The Morgan fingerprint density at radius 2 is 1.66 bits per heavy atom. The molecule has 0 fully saturated rings. The highest BCUT2D eigenvalue weighted by Gasteiger charge is 2.31. The number of aryl methyl sites for hydroxylation is 1. The van der Waals surface area contributed by atoms with Crippen LogP contribution in [-0.2, 0) is 20.9 Å². The molecule has 0 unspecified atom stereocenters. The van der Waals surface area contributed by atoms with Gasteiger partial charge in [-0.2, -0.15) is 0 Å². The van der Waals surface area contributed by atoms with Gasteiger partial charge in [0.2, 0.25) is 0 Å². The monoisotopic (exact) mass is 411 g/mol. The molecule has 0 bridgehead atoms. The summed E-state index contributed by atoms with van der Waals surface area (Å²) in [5.41, 5.74) is 1.06.